The van der Waals surface area contributed by atoms with Gasteiger partial charge >= 0.3 is 0 Å². The van der Waals surface area contributed by atoms with Gasteiger partial charge in [-0.3, -0.25) is 0 Å². The predicted molar refractivity (Wildman–Crippen MR) is 87.1 cm³/mol. The van der Waals surface area contributed by atoms with Crippen molar-refractivity contribution >= 4 is 11.6 Å². The van der Waals surface area contributed by atoms with Gasteiger partial charge in [0, 0.05) is 31.8 Å². The maximum Gasteiger partial charge on any atom is 0.137 e. The smallest absolute Gasteiger partial charge is 0.137 e. The average Bonchev–Trinajstić information content (AvgIpc) is 2.48. The highest BCUT2D eigenvalue weighted by Gasteiger charge is 2.25. The number of piperidine rings is 1. The van der Waals surface area contributed by atoms with E-state index >= 15 is 0 Å². The van der Waals surface area contributed by atoms with Gasteiger partial charge in [-0.25, -0.2) is 9.97 Å². The fraction of sp³-hybridized carbons (Fsp3) is 0.750. The molecule has 0 bridgehead atoms. The van der Waals surface area contributed by atoms with Crippen molar-refractivity contribution in [3.63, 3.8) is 0 Å². The second-order valence-corrected chi connectivity index (χ2v) is 5.81. The fourth-order valence-corrected chi connectivity index (χ4v) is 2.98. The molecule has 21 heavy (non-hydrogen) atoms. The number of nitrogens with one attached hydrogen (secondary N) is 1. The highest BCUT2D eigenvalue weighted by atomic mass is 16.5. The SMILES string of the molecule is CCNc1ncnc(N2CCCC(OCC)C2)c1C(C)C. The Balaban J connectivity index is 2.27. The third kappa shape index (κ3) is 3.84. The number of ether oxygens (including phenoxy) is 1. The van der Waals surface area contributed by atoms with E-state index in [0.29, 0.717) is 12.0 Å². The van der Waals surface area contributed by atoms with Crippen LogP contribution in [0.25, 0.3) is 0 Å². The molecule has 1 saturated heterocycles. The quantitative estimate of drug-likeness (QED) is 0.873. The molecule has 0 aliphatic carbocycles. The number of anilines is 2. The minimum atomic E-state index is 0.321. The van der Waals surface area contributed by atoms with Gasteiger partial charge in [0.25, 0.3) is 0 Å². The Kier molecular flexibility index (Phi) is 5.79. The van der Waals surface area contributed by atoms with Crippen molar-refractivity contribution in [3.8, 4) is 0 Å². The Bertz CT molecular complexity index is 448. The number of hydrogen-bond donors (Lipinski definition) is 1. The van der Waals surface area contributed by atoms with Crippen molar-refractivity contribution in [3.05, 3.63) is 11.9 Å². The molecular weight excluding hydrogens is 264 g/mol. The van der Waals surface area contributed by atoms with E-state index in [4.69, 9.17) is 4.74 Å². The summed E-state index contributed by atoms with van der Waals surface area (Å²) in [6, 6.07) is 0. The summed E-state index contributed by atoms with van der Waals surface area (Å²) in [4.78, 5) is 11.4. The third-order valence-corrected chi connectivity index (χ3v) is 3.86. The predicted octanol–water partition coefficient (Wildman–Crippen LogP) is 3.04. The van der Waals surface area contributed by atoms with Gasteiger partial charge in [0.1, 0.15) is 18.0 Å². The molecule has 1 aliphatic rings. The summed E-state index contributed by atoms with van der Waals surface area (Å²) < 4.78 is 5.81. The summed E-state index contributed by atoms with van der Waals surface area (Å²) in [6.45, 7) is 12.2. The van der Waals surface area contributed by atoms with Gasteiger partial charge in [-0.15, -0.1) is 0 Å². The lowest BCUT2D eigenvalue weighted by Crippen LogP contribution is -2.40. The van der Waals surface area contributed by atoms with E-state index in [2.05, 4.69) is 47.9 Å². The summed E-state index contributed by atoms with van der Waals surface area (Å²) >= 11 is 0. The largest absolute Gasteiger partial charge is 0.377 e. The van der Waals surface area contributed by atoms with Gasteiger partial charge < -0.3 is 15.0 Å². The van der Waals surface area contributed by atoms with Crippen LogP contribution in [0.3, 0.4) is 0 Å². The second kappa shape index (κ2) is 7.59. The van der Waals surface area contributed by atoms with Crippen LogP contribution in [-0.2, 0) is 4.74 Å². The van der Waals surface area contributed by atoms with Crippen molar-refractivity contribution in [2.45, 2.75) is 52.6 Å². The number of aromatic nitrogens is 2. The van der Waals surface area contributed by atoms with Crippen molar-refractivity contribution in [2.24, 2.45) is 0 Å². The molecule has 0 amide bonds. The maximum atomic E-state index is 5.81. The summed E-state index contributed by atoms with van der Waals surface area (Å²) in [6.07, 6.45) is 4.29. The molecule has 5 nitrogen and oxygen atoms in total. The van der Waals surface area contributed by atoms with Gasteiger partial charge in [-0.05, 0) is 32.6 Å². The molecule has 1 aliphatic heterocycles. The molecule has 0 spiro atoms. The summed E-state index contributed by atoms with van der Waals surface area (Å²) in [5.74, 6) is 2.43. The van der Waals surface area contributed by atoms with E-state index in [1.54, 1.807) is 6.33 Å². The normalized spacial score (nSPS) is 19.1. The van der Waals surface area contributed by atoms with Gasteiger partial charge in [0.2, 0.25) is 0 Å². The first-order valence-electron chi connectivity index (χ1n) is 8.12. The molecule has 118 valence electrons. The van der Waals surface area contributed by atoms with Crippen molar-refractivity contribution in [2.75, 3.05) is 36.5 Å². The Morgan fingerprint density at radius 2 is 2.19 bits per heavy atom. The Labute approximate surface area is 128 Å². The number of hydrogen-bond acceptors (Lipinski definition) is 5. The zero-order valence-electron chi connectivity index (χ0n) is 13.7. The number of rotatable bonds is 6. The van der Waals surface area contributed by atoms with Crippen molar-refractivity contribution in [1.29, 1.82) is 0 Å². The van der Waals surface area contributed by atoms with E-state index in [1.165, 1.54) is 5.56 Å². The minimum Gasteiger partial charge on any atom is -0.377 e. The second-order valence-electron chi connectivity index (χ2n) is 5.81. The standard InChI is InChI=1S/C16H28N4O/c1-5-17-15-14(12(3)4)16(19-11-18-15)20-9-7-8-13(10-20)21-6-2/h11-13H,5-10H2,1-4H3,(H,17,18,19). The molecular formula is C16H28N4O. The summed E-state index contributed by atoms with van der Waals surface area (Å²) in [5, 5.41) is 3.36. The van der Waals surface area contributed by atoms with Crippen LogP contribution < -0.4 is 10.2 Å². The first-order valence-corrected chi connectivity index (χ1v) is 8.12. The first kappa shape index (κ1) is 16.0. The van der Waals surface area contributed by atoms with E-state index in [1.807, 2.05) is 0 Å². The first-order chi connectivity index (χ1) is 10.2. The molecule has 1 N–H and O–H groups in total. The van der Waals surface area contributed by atoms with Gasteiger partial charge in [0.15, 0.2) is 0 Å². The number of nitrogens with zero attached hydrogens (tertiary/aromatic N) is 3. The molecule has 0 saturated carbocycles. The highest BCUT2D eigenvalue weighted by molar-refractivity contribution is 5.60. The molecule has 0 aromatic carbocycles. The topological polar surface area (TPSA) is 50.3 Å². The average molecular weight is 292 g/mol. The van der Waals surface area contributed by atoms with E-state index < -0.39 is 0 Å². The molecule has 2 rings (SSSR count). The molecule has 0 radical (unpaired) electrons. The Hall–Kier alpha value is -1.36. The van der Waals surface area contributed by atoms with Crippen LogP contribution >= 0.6 is 0 Å². The van der Waals surface area contributed by atoms with Crippen LogP contribution in [0.15, 0.2) is 6.33 Å². The lowest BCUT2D eigenvalue weighted by Gasteiger charge is -2.35. The Morgan fingerprint density at radius 3 is 2.86 bits per heavy atom. The van der Waals surface area contributed by atoms with Crippen molar-refractivity contribution in [1.82, 2.24) is 9.97 Å². The van der Waals surface area contributed by atoms with Crippen LogP contribution in [0.2, 0.25) is 0 Å². The Morgan fingerprint density at radius 1 is 1.38 bits per heavy atom. The zero-order valence-corrected chi connectivity index (χ0v) is 13.7. The highest BCUT2D eigenvalue weighted by Crippen LogP contribution is 2.32. The molecule has 1 aromatic heterocycles. The van der Waals surface area contributed by atoms with E-state index in [9.17, 15) is 0 Å². The van der Waals surface area contributed by atoms with E-state index in [0.717, 1.165) is 50.7 Å². The molecule has 5 heteroatoms. The lowest BCUT2D eigenvalue weighted by molar-refractivity contribution is 0.0524. The monoisotopic (exact) mass is 292 g/mol. The van der Waals surface area contributed by atoms with Crippen LogP contribution in [0, 0.1) is 0 Å². The molecule has 1 atom stereocenters. The zero-order chi connectivity index (χ0) is 15.2. The van der Waals surface area contributed by atoms with Gasteiger partial charge in [-0.1, -0.05) is 13.8 Å². The lowest BCUT2D eigenvalue weighted by atomic mass is 10.0. The summed E-state index contributed by atoms with van der Waals surface area (Å²) in [5.41, 5.74) is 1.22. The van der Waals surface area contributed by atoms with E-state index in [-0.39, 0.29) is 0 Å². The molecule has 1 unspecified atom stereocenters. The van der Waals surface area contributed by atoms with Gasteiger partial charge in [-0.2, -0.15) is 0 Å². The third-order valence-electron chi connectivity index (χ3n) is 3.86. The fourth-order valence-electron chi connectivity index (χ4n) is 2.98. The molecule has 1 aromatic rings. The molecule has 1 fully saturated rings. The van der Waals surface area contributed by atoms with Crippen molar-refractivity contribution < 1.29 is 4.74 Å². The maximum absolute atomic E-state index is 5.81. The van der Waals surface area contributed by atoms with Gasteiger partial charge in [0.05, 0.1) is 6.10 Å². The van der Waals surface area contributed by atoms with Crippen LogP contribution in [0.5, 0.6) is 0 Å². The summed E-state index contributed by atoms with van der Waals surface area (Å²) in [7, 11) is 0. The van der Waals surface area contributed by atoms with Crippen LogP contribution in [0.4, 0.5) is 11.6 Å². The van der Waals surface area contributed by atoms with Crippen LogP contribution in [0.1, 0.15) is 52.0 Å². The molecule has 2 heterocycles. The van der Waals surface area contributed by atoms with Crippen LogP contribution in [-0.4, -0.2) is 42.3 Å². The minimum absolute atomic E-state index is 0.321.